The van der Waals surface area contributed by atoms with Crippen molar-refractivity contribution in [3.63, 3.8) is 0 Å². The molecule has 1 fully saturated rings. The average molecular weight is 430 g/mol. The minimum absolute atomic E-state index is 0.121. The molecule has 1 aliphatic rings. The van der Waals surface area contributed by atoms with Gasteiger partial charge in [-0.25, -0.2) is 4.98 Å². The first-order valence-corrected chi connectivity index (χ1v) is 11.1. The summed E-state index contributed by atoms with van der Waals surface area (Å²) in [6, 6.07) is 14.4. The molecule has 0 unspecified atom stereocenters. The van der Waals surface area contributed by atoms with Gasteiger partial charge >= 0.3 is 0 Å². The van der Waals surface area contributed by atoms with Crippen LogP contribution in [0.1, 0.15) is 26.7 Å². The molecule has 0 bridgehead atoms. The molecule has 0 radical (unpaired) electrons. The van der Waals surface area contributed by atoms with Gasteiger partial charge in [0, 0.05) is 11.9 Å². The second-order valence-corrected chi connectivity index (χ2v) is 8.36. The van der Waals surface area contributed by atoms with Crippen LogP contribution in [0.15, 0.2) is 54.9 Å². The van der Waals surface area contributed by atoms with E-state index in [1.165, 1.54) is 0 Å². The fourth-order valence-electron chi connectivity index (χ4n) is 4.02. The zero-order chi connectivity index (χ0) is 21.9. The Balaban J connectivity index is 1.46. The largest absolute Gasteiger partial charge is 0.491 e. The van der Waals surface area contributed by atoms with Gasteiger partial charge in [0.25, 0.3) is 0 Å². The van der Waals surface area contributed by atoms with Crippen LogP contribution in [-0.4, -0.2) is 45.5 Å². The molecule has 2 N–H and O–H groups in total. The maximum absolute atomic E-state index is 6.06. The predicted molar refractivity (Wildman–Crippen MR) is 125 cm³/mol. The maximum atomic E-state index is 6.06. The fraction of sp³-hybridized carbons (Fsp3) is 0.320. The minimum atomic E-state index is 0.121. The van der Waals surface area contributed by atoms with E-state index in [-0.39, 0.29) is 12.2 Å². The third-order valence-corrected chi connectivity index (χ3v) is 5.50. The number of piperidine rings is 1. The molecular formula is C25H27N5O2. The number of hydrogen-bond donors (Lipinski definition) is 2. The number of aromatic amines is 1. The zero-order valence-corrected chi connectivity index (χ0v) is 18.3. The molecule has 0 spiro atoms. The van der Waals surface area contributed by atoms with Gasteiger partial charge in [-0.05, 0) is 68.6 Å². The number of nitrogens with one attached hydrogen (secondary N) is 2. The molecular weight excluding hydrogens is 402 g/mol. The Morgan fingerprint density at radius 1 is 1.06 bits per heavy atom. The summed E-state index contributed by atoms with van der Waals surface area (Å²) in [6.07, 6.45) is 5.77. The molecule has 32 heavy (non-hydrogen) atoms. The molecule has 2 aromatic carbocycles. The van der Waals surface area contributed by atoms with E-state index >= 15 is 0 Å². The number of rotatable bonds is 6. The van der Waals surface area contributed by atoms with Crippen LogP contribution in [0.4, 0.5) is 0 Å². The van der Waals surface area contributed by atoms with Crippen LogP contribution in [0.3, 0.4) is 0 Å². The summed E-state index contributed by atoms with van der Waals surface area (Å²) < 4.78 is 11.9. The minimum Gasteiger partial charge on any atom is -0.491 e. The highest BCUT2D eigenvalue weighted by molar-refractivity contribution is 5.94. The van der Waals surface area contributed by atoms with Crippen LogP contribution in [0.25, 0.3) is 33.4 Å². The lowest BCUT2D eigenvalue weighted by molar-refractivity contribution is 0.160. The van der Waals surface area contributed by atoms with Crippen molar-refractivity contribution < 1.29 is 9.47 Å². The van der Waals surface area contributed by atoms with Crippen molar-refractivity contribution in [2.45, 2.75) is 38.9 Å². The van der Waals surface area contributed by atoms with Gasteiger partial charge in [-0.2, -0.15) is 5.10 Å². The molecule has 1 atom stereocenters. The molecule has 3 heterocycles. The van der Waals surface area contributed by atoms with Crippen molar-refractivity contribution in [2.24, 2.45) is 0 Å². The lowest BCUT2D eigenvalue weighted by Crippen LogP contribution is -2.37. The van der Waals surface area contributed by atoms with Gasteiger partial charge in [-0.3, -0.25) is 10.1 Å². The third-order valence-electron chi connectivity index (χ3n) is 5.50. The number of fused-ring (bicyclic) bond motifs is 1. The van der Waals surface area contributed by atoms with Gasteiger partial charge in [-0.15, -0.1) is 0 Å². The predicted octanol–water partition coefficient (Wildman–Crippen LogP) is 4.60. The Kier molecular flexibility index (Phi) is 5.73. The summed E-state index contributed by atoms with van der Waals surface area (Å²) in [6.45, 7) is 5.93. The van der Waals surface area contributed by atoms with E-state index in [0.29, 0.717) is 11.6 Å². The molecule has 1 aliphatic heterocycles. The van der Waals surface area contributed by atoms with Crippen molar-refractivity contribution in [3.8, 4) is 34.1 Å². The van der Waals surface area contributed by atoms with Gasteiger partial charge < -0.3 is 14.8 Å². The normalized spacial score (nSPS) is 16.4. The summed E-state index contributed by atoms with van der Waals surface area (Å²) in [7, 11) is 0. The Bertz CT molecular complexity index is 1210. The molecule has 4 aromatic rings. The summed E-state index contributed by atoms with van der Waals surface area (Å²) in [5.41, 5.74) is 4.57. The quantitative estimate of drug-likeness (QED) is 0.466. The number of H-pyrrole nitrogens is 1. The molecule has 164 valence electrons. The van der Waals surface area contributed by atoms with Crippen molar-refractivity contribution >= 4 is 10.9 Å². The Morgan fingerprint density at radius 3 is 2.81 bits per heavy atom. The average Bonchev–Trinajstić information content (AvgIpc) is 3.23. The van der Waals surface area contributed by atoms with Crippen molar-refractivity contribution in [1.82, 2.24) is 25.5 Å². The van der Waals surface area contributed by atoms with Gasteiger partial charge in [0.1, 0.15) is 23.2 Å². The van der Waals surface area contributed by atoms with Gasteiger partial charge in [0.15, 0.2) is 0 Å². The van der Waals surface area contributed by atoms with Crippen molar-refractivity contribution in [2.75, 3.05) is 13.1 Å². The van der Waals surface area contributed by atoms with Crippen LogP contribution < -0.4 is 14.8 Å². The summed E-state index contributed by atoms with van der Waals surface area (Å²) in [5, 5.41) is 12.0. The smallest absolute Gasteiger partial charge is 0.233 e. The first-order chi connectivity index (χ1) is 15.7. The summed E-state index contributed by atoms with van der Waals surface area (Å²) in [5.74, 6) is 1.39. The topological polar surface area (TPSA) is 85.0 Å². The number of ether oxygens (including phenoxy) is 2. The Hall–Kier alpha value is -3.45. The van der Waals surface area contributed by atoms with E-state index in [1.807, 2.05) is 32.0 Å². The lowest BCUT2D eigenvalue weighted by Gasteiger charge is -2.23. The monoisotopic (exact) mass is 429 g/mol. The first-order valence-electron chi connectivity index (χ1n) is 11.1. The van der Waals surface area contributed by atoms with E-state index in [0.717, 1.165) is 59.4 Å². The third kappa shape index (κ3) is 4.43. The van der Waals surface area contributed by atoms with Crippen LogP contribution in [-0.2, 0) is 0 Å². The van der Waals surface area contributed by atoms with Crippen LogP contribution in [0, 0.1) is 0 Å². The second-order valence-electron chi connectivity index (χ2n) is 8.36. The van der Waals surface area contributed by atoms with E-state index in [2.05, 4.69) is 44.8 Å². The first kappa shape index (κ1) is 20.5. The van der Waals surface area contributed by atoms with Crippen molar-refractivity contribution in [3.05, 3.63) is 54.9 Å². The molecule has 7 heteroatoms. The molecule has 1 saturated heterocycles. The van der Waals surface area contributed by atoms with Crippen LogP contribution >= 0.6 is 0 Å². The molecule has 0 amide bonds. The molecule has 0 aliphatic carbocycles. The van der Waals surface area contributed by atoms with Gasteiger partial charge in [0.05, 0.1) is 24.0 Å². The number of aromatic nitrogens is 4. The van der Waals surface area contributed by atoms with E-state index in [9.17, 15) is 0 Å². The maximum Gasteiger partial charge on any atom is 0.233 e. The number of hydrogen-bond acceptors (Lipinski definition) is 6. The molecule has 0 saturated carbocycles. The summed E-state index contributed by atoms with van der Waals surface area (Å²) in [4.78, 5) is 9.05. The van der Waals surface area contributed by atoms with Crippen LogP contribution in [0.5, 0.6) is 11.6 Å². The van der Waals surface area contributed by atoms with E-state index in [4.69, 9.17) is 14.5 Å². The highest BCUT2D eigenvalue weighted by Crippen LogP contribution is 2.31. The SMILES string of the molecule is CC(C)Oc1cccc(-c2ccc3[nH]nc(-c4cncc(O[C@@H]5CCCNC5)n4)c3c2)c1. The van der Waals surface area contributed by atoms with Gasteiger partial charge in [0.2, 0.25) is 5.88 Å². The standard InChI is InChI=1S/C25H27N5O2/c1-16(2)31-19-6-3-5-17(11-19)18-8-9-22-21(12-18)25(30-29-22)23-14-27-15-24(28-23)32-20-7-4-10-26-13-20/h3,5-6,8-9,11-12,14-16,20,26H,4,7,10,13H2,1-2H3,(H,29,30)/t20-/m1/s1. The van der Waals surface area contributed by atoms with Crippen molar-refractivity contribution in [1.29, 1.82) is 0 Å². The molecule has 7 nitrogen and oxygen atoms in total. The fourth-order valence-corrected chi connectivity index (χ4v) is 4.02. The zero-order valence-electron chi connectivity index (χ0n) is 18.3. The Labute approximate surface area is 187 Å². The van der Waals surface area contributed by atoms with E-state index < -0.39 is 0 Å². The Morgan fingerprint density at radius 2 is 1.97 bits per heavy atom. The molecule has 2 aromatic heterocycles. The highest BCUT2D eigenvalue weighted by Gasteiger charge is 2.17. The van der Waals surface area contributed by atoms with Gasteiger partial charge in [-0.1, -0.05) is 18.2 Å². The molecule has 5 rings (SSSR count). The number of nitrogens with zero attached hydrogens (tertiary/aromatic N) is 3. The number of benzene rings is 2. The highest BCUT2D eigenvalue weighted by atomic mass is 16.5. The lowest BCUT2D eigenvalue weighted by atomic mass is 10.0. The summed E-state index contributed by atoms with van der Waals surface area (Å²) >= 11 is 0. The second kappa shape index (κ2) is 8.96. The van der Waals surface area contributed by atoms with E-state index in [1.54, 1.807) is 12.4 Å². The van der Waals surface area contributed by atoms with Crippen LogP contribution in [0.2, 0.25) is 0 Å².